The molecule has 0 aliphatic rings. The first-order valence-corrected chi connectivity index (χ1v) is 12.1. The molecule has 1 atom stereocenters. The smallest absolute Gasteiger partial charge is 0.251 e. The third-order valence-corrected chi connectivity index (χ3v) is 6.41. The molecule has 34 heavy (non-hydrogen) atoms. The van der Waals surface area contributed by atoms with Crippen LogP contribution in [0.5, 0.6) is 0 Å². The highest BCUT2D eigenvalue weighted by Crippen LogP contribution is 2.27. The number of halogens is 1. The van der Waals surface area contributed by atoms with E-state index in [-0.39, 0.29) is 11.8 Å². The van der Waals surface area contributed by atoms with Gasteiger partial charge in [0.25, 0.3) is 5.91 Å². The van der Waals surface area contributed by atoms with E-state index in [1.54, 1.807) is 24.3 Å². The first-order valence-electron chi connectivity index (χ1n) is 10.9. The predicted octanol–water partition coefficient (Wildman–Crippen LogP) is 5.40. The fraction of sp³-hybridized carbons (Fsp3) is 0.154. The van der Waals surface area contributed by atoms with E-state index in [9.17, 15) is 9.59 Å². The van der Waals surface area contributed by atoms with E-state index >= 15 is 0 Å². The third-order valence-electron chi connectivity index (χ3n) is 5.28. The van der Waals surface area contributed by atoms with Gasteiger partial charge in [-0.05, 0) is 41.8 Å². The molecule has 1 heterocycles. The second kappa shape index (κ2) is 11.0. The molecular formula is C26H23ClN4O2S. The number of aromatic nitrogens is 2. The molecule has 8 heteroatoms. The number of nitrogens with zero attached hydrogens (tertiary/aromatic N) is 2. The third kappa shape index (κ3) is 6.07. The number of carbonyl (C=O) groups is 2. The Labute approximate surface area is 207 Å². The monoisotopic (exact) mass is 490 g/mol. The molecule has 3 aromatic carbocycles. The first kappa shape index (κ1) is 23.6. The van der Waals surface area contributed by atoms with Crippen LogP contribution in [-0.4, -0.2) is 28.1 Å². The second-order valence-corrected chi connectivity index (χ2v) is 9.09. The van der Waals surface area contributed by atoms with E-state index in [2.05, 4.69) is 27.8 Å². The first-order chi connectivity index (χ1) is 16.5. The molecule has 172 valence electrons. The van der Waals surface area contributed by atoms with Crippen molar-refractivity contribution in [1.82, 2.24) is 15.5 Å². The van der Waals surface area contributed by atoms with Crippen LogP contribution in [0.25, 0.3) is 10.6 Å². The average molecular weight is 491 g/mol. The average Bonchev–Trinajstić information content (AvgIpc) is 3.33. The summed E-state index contributed by atoms with van der Waals surface area (Å²) in [6.07, 6.45) is 1.23. The Hall–Kier alpha value is -3.55. The molecular weight excluding hydrogens is 468 g/mol. The van der Waals surface area contributed by atoms with Crippen molar-refractivity contribution in [2.75, 3.05) is 5.32 Å². The maximum absolute atomic E-state index is 13.2. The number of nitrogens with one attached hydrogen (secondary N) is 2. The lowest BCUT2D eigenvalue weighted by Crippen LogP contribution is -2.45. The number of hydrogen-bond acceptors (Lipinski definition) is 5. The number of hydrogen-bond donors (Lipinski definition) is 2. The van der Waals surface area contributed by atoms with Gasteiger partial charge in [0.2, 0.25) is 11.0 Å². The SMILES string of the molecule is CCc1ccc(C(=O)NC(Cc2ccccc2)C(=O)Nc2nnc(-c3ccc(Cl)cc3)s2)cc1. The Morgan fingerprint density at radius 2 is 1.62 bits per heavy atom. The van der Waals surface area contributed by atoms with Crippen molar-refractivity contribution in [3.05, 3.63) is 101 Å². The molecule has 0 aliphatic carbocycles. The van der Waals surface area contributed by atoms with Gasteiger partial charge in [0.15, 0.2) is 0 Å². The molecule has 0 bridgehead atoms. The van der Waals surface area contributed by atoms with E-state index < -0.39 is 6.04 Å². The maximum Gasteiger partial charge on any atom is 0.251 e. The van der Waals surface area contributed by atoms with Gasteiger partial charge in [-0.25, -0.2) is 0 Å². The quantitative estimate of drug-likeness (QED) is 0.346. The number of rotatable bonds is 8. The zero-order valence-corrected chi connectivity index (χ0v) is 20.1. The number of anilines is 1. The van der Waals surface area contributed by atoms with Crippen LogP contribution >= 0.6 is 22.9 Å². The highest BCUT2D eigenvalue weighted by atomic mass is 35.5. The zero-order chi connectivity index (χ0) is 23.9. The van der Waals surface area contributed by atoms with Crippen LogP contribution in [0.3, 0.4) is 0 Å². The molecule has 1 aromatic heterocycles. The standard InChI is InChI=1S/C26H23ClN4O2S/c1-2-17-8-10-19(11-9-17)23(32)28-22(16-18-6-4-3-5-7-18)24(33)29-26-31-30-25(34-26)20-12-14-21(27)15-13-20/h3-15,22H,2,16H2,1H3,(H,28,32)(H,29,31,33). The van der Waals surface area contributed by atoms with E-state index in [1.807, 2.05) is 54.6 Å². The molecule has 1 unspecified atom stereocenters. The summed E-state index contributed by atoms with van der Waals surface area (Å²) in [7, 11) is 0. The summed E-state index contributed by atoms with van der Waals surface area (Å²) in [5.74, 6) is -0.668. The maximum atomic E-state index is 13.2. The minimum absolute atomic E-state index is 0.308. The van der Waals surface area contributed by atoms with Crippen LogP contribution in [-0.2, 0) is 17.6 Å². The lowest BCUT2D eigenvalue weighted by Gasteiger charge is -2.18. The zero-order valence-electron chi connectivity index (χ0n) is 18.5. The summed E-state index contributed by atoms with van der Waals surface area (Å²) < 4.78 is 0. The molecule has 0 saturated heterocycles. The molecule has 0 radical (unpaired) electrons. The Bertz CT molecular complexity index is 1260. The second-order valence-electron chi connectivity index (χ2n) is 7.67. The highest BCUT2D eigenvalue weighted by molar-refractivity contribution is 7.18. The molecule has 4 aromatic rings. The largest absolute Gasteiger partial charge is 0.340 e. The van der Waals surface area contributed by atoms with Crippen molar-refractivity contribution < 1.29 is 9.59 Å². The Morgan fingerprint density at radius 3 is 2.29 bits per heavy atom. The summed E-state index contributed by atoms with van der Waals surface area (Å²) >= 11 is 7.20. The van der Waals surface area contributed by atoms with E-state index in [0.29, 0.717) is 27.1 Å². The minimum Gasteiger partial charge on any atom is -0.340 e. The van der Waals surface area contributed by atoms with Crippen LogP contribution < -0.4 is 10.6 Å². The van der Waals surface area contributed by atoms with E-state index in [0.717, 1.165) is 23.1 Å². The summed E-state index contributed by atoms with van der Waals surface area (Å²) in [6, 6.07) is 23.4. The van der Waals surface area contributed by atoms with Gasteiger partial charge in [0, 0.05) is 22.6 Å². The van der Waals surface area contributed by atoms with E-state index in [1.165, 1.54) is 11.3 Å². The topological polar surface area (TPSA) is 84.0 Å². The molecule has 4 rings (SSSR count). The van der Waals surface area contributed by atoms with Gasteiger partial charge in [-0.15, -0.1) is 10.2 Å². The van der Waals surface area contributed by atoms with Crippen molar-refractivity contribution in [3.63, 3.8) is 0 Å². The number of aryl methyl sites for hydroxylation is 1. The summed E-state index contributed by atoms with van der Waals surface area (Å²) in [5, 5.41) is 15.6. The highest BCUT2D eigenvalue weighted by Gasteiger charge is 2.23. The van der Waals surface area contributed by atoms with Crippen LogP contribution in [0.4, 0.5) is 5.13 Å². The van der Waals surface area contributed by atoms with Crippen LogP contribution in [0.1, 0.15) is 28.4 Å². The van der Waals surface area contributed by atoms with Crippen molar-refractivity contribution in [2.45, 2.75) is 25.8 Å². The van der Waals surface area contributed by atoms with Gasteiger partial charge in [-0.3, -0.25) is 14.9 Å². The van der Waals surface area contributed by atoms with Crippen LogP contribution in [0, 0.1) is 0 Å². The van der Waals surface area contributed by atoms with Crippen LogP contribution in [0.2, 0.25) is 5.02 Å². The molecule has 6 nitrogen and oxygen atoms in total. The van der Waals surface area contributed by atoms with Crippen molar-refractivity contribution >= 4 is 39.9 Å². The molecule has 0 fully saturated rings. The predicted molar refractivity (Wildman–Crippen MR) is 136 cm³/mol. The Kier molecular flexibility index (Phi) is 7.67. The van der Waals surface area contributed by atoms with Gasteiger partial charge in [-0.1, -0.05) is 84.5 Å². The minimum atomic E-state index is -0.788. The van der Waals surface area contributed by atoms with Gasteiger partial charge < -0.3 is 5.32 Å². The van der Waals surface area contributed by atoms with Crippen molar-refractivity contribution in [3.8, 4) is 10.6 Å². The normalized spacial score (nSPS) is 11.6. The van der Waals surface area contributed by atoms with Gasteiger partial charge in [0.05, 0.1) is 0 Å². The lowest BCUT2D eigenvalue weighted by atomic mass is 10.0. The molecule has 0 aliphatic heterocycles. The van der Waals surface area contributed by atoms with Crippen molar-refractivity contribution in [1.29, 1.82) is 0 Å². The fourth-order valence-corrected chi connectivity index (χ4v) is 4.25. The Balaban J connectivity index is 1.50. The summed E-state index contributed by atoms with van der Waals surface area (Å²) in [6.45, 7) is 2.06. The molecule has 0 saturated carbocycles. The fourth-order valence-electron chi connectivity index (χ4n) is 3.37. The van der Waals surface area contributed by atoms with Gasteiger partial charge >= 0.3 is 0 Å². The summed E-state index contributed by atoms with van der Waals surface area (Å²) in [5.41, 5.74) is 3.43. The van der Waals surface area contributed by atoms with Gasteiger partial charge in [0.1, 0.15) is 11.0 Å². The molecule has 2 N–H and O–H groups in total. The van der Waals surface area contributed by atoms with Gasteiger partial charge in [-0.2, -0.15) is 0 Å². The number of benzene rings is 3. The van der Waals surface area contributed by atoms with E-state index in [4.69, 9.17) is 11.6 Å². The molecule has 2 amide bonds. The Morgan fingerprint density at radius 1 is 0.912 bits per heavy atom. The van der Waals surface area contributed by atoms with Crippen molar-refractivity contribution in [2.24, 2.45) is 0 Å². The molecule has 0 spiro atoms. The number of amides is 2. The number of carbonyl (C=O) groups excluding carboxylic acids is 2. The summed E-state index contributed by atoms with van der Waals surface area (Å²) in [4.78, 5) is 26.1. The van der Waals surface area contributed by atoms with Crippen LogP contribution in [0.15, 0.2) is 78.9 Å². The lowest BCUT2D eigenvalue weighted by molar-refractivity contribution is -0.118.